The third kappa shape index (κ3) is 4.37. The molecule has 2 N–H and O–H groups in total. The number of aromatic nitrogens is 2. The fourth-order valence-electron chi connectivity index (χ4n) is 3.24. The van der Waals surface area contributed by atoms with E-state index < -0.39 is 17.3 Å². The summed E-state index contributed by atoms with van der Waals surface area (Å²) in [6, 6.07) is 7.27. The number of carbonyl (C=O) groups is 1. The van der Waals surface area contributed by atoms with Crippen molar-refractivity contribution < 1.29 is 14.3 Å². The van der Waals surface area contributed by atoms with Gasteiger partial charge in [0.25, 0.3) is 6.01 Å². The van der Waals surface area contributed by atoms with Crippen LogP contribution < -0.4 is 15.8 Å². The highest BCUT2D eigenvalue weighted by atomic mass is 16.4. The van der Waals surface area contributed by atoms with Crippen LogP contribution in [0.5, 0.6) is 0 Å². The Kier molecular flexibility index (Phi) is 5.54. The van der Waals surface area contributed by atoms with E-state index in [1.807, 2.05) is 12.1 Å². The smallest absolute Gasteiger partial charge is 0.412 e. The lowest BCUT2D eigenvalue weighted by Crippen LogP contribution is -2.45. The highest BCUT2D eigenvalue weighted by molar-refractivity contribution is 5.94. The minimum atomic E-state index is -1.09. The normalized spacial score (nSPS) is 11.4. The number of nitrogens with one attached hydrogen (secondary N) is 1. The maximum Gasteiger partial charge on any atom is 0.412 e. The molecule has 152 valence electrons. The number of hydrogen-bond acceptors (Lipinski definition) is 6. The van der Waals surface area contributed by atoms with Gasteiger partial charge in [-0.05, 0) is 63.4 Å². The lowest BCUT2D eigenvalue weighted by Gasteiger charge is -2.34. The predicted octanol–water partition coefficient (Wildman–Crippen LogP) is 3.83. The Morgan fingerprint density at radius 1 is 1.28 bits per heavy atom. The summed E-state index contributed by atoms with van der Waals surface area (Å²) in [7, 11) is 0. The van der Waals surface area contributed by atoms with Crippen LogP contribution in [0, 0.1) is 6.92 Å². The first kappa shape index (κ1) is 20.3. The number of hydrogen-bond donors (Lipinski definition) is 2. The molecule has 0 saturated carbocycles. The first-order chi connectivity index (χ1) is 13.7. The molecular weight excluding hydrogens is 372 g/mol. The molecule has 2 heterocycles. The average molecular weight is 396 g/mol. The third-order valence-corrected chi connectivity index (χ3v) is 4.55. The van der Waals surface area contributed by atoms with Crippen LogP contribution in [0.4, 0.5) is 16.5 Å². The molecule has 0 aliphatic heterocycles. The van der Waals surface area contributed by atoms with Crippen molar-refractivity contribution in [2.75, 3.05) is 16.8 Å². The number of amides is 1. The van der Waals surface area contributed by atoms with Crippen LogP contribution >= 0.6 is 0 Å². The molecule has 0 radical (unpaired) electrons. The van der Waals surface area contributed by atoms with Crippen molar-refractivity contribution >= 4 is 28.7 Å². The van der Waals surface area contributed by atoms with Crippen LogP contribution in [0.1, 0.15) is 31.9 Å². The molecular formula is C21H24N4O4. The van der Waals surface area contributed by atoms with Crippen LogP contribution in [0.15, 0.2) is 45.9 Å². The Morgan fingerprint density at radius 2 is 2.03 bits per heavy atom. The fourth-order valence-corrected chi connectivity index (χ4v) is 3.24. The molecule has 0 fully saturated rings. The minimum Gasteiger partial charge on any atom is -0.465 e. The summed E-state index contributed by atoms with van der Waals surface area (Å²) in [6.45, 7) is 7.61. The standard InChI is InChI=1S/C21H24N4O4/c1-13-16(25(20(27)28)21(2,3)4)8-7-15-17(13)18(26)29-19(24-15)23-11-9-14-6-5-10-22-12-14/h5-8,10,12H,9,11H2,1-4H3,(H,23,24)(H,27,28). The van der Waals surface area contributed by atoms with Gasteiger partial charge in [0, 0.05) is 24.5 Å². The van der Waals surface area contributed by atoms with Gasteiger partial charge in [-0.25, -0.2) is 9.59 Å². The summed E-state index contributed by atoms with van der Waals surface area (Å²) in [5, 5.41) is 12.9. The van der Waals surface area contributed by atoms with Gasteiger partial charge in [-0.1, -0.05) is 6.07 Å². The summed E-state index contributed by atoms with van der Waals surface area (Å²) in [6.07, 6.45) is 3.10. The Balaban J connectivity index is 1.91. The van der Waals surface area contributed by atoms with Crippen molar-refractivity contribution in [3.8, 4) is 0 Å². The van der Waals surface area contributed by atoms with Gasteiger partial charge in [0.2, 0.25) is 0 Å². The maximum atomic E-state index is 12.6. The van der Waals surface area contributed by atoms with Crippen LogP contribution in [0.3, 0.4) is 0 Å². The summed E-state index contributed by atoms with van der Waals surface area (Å²) < 4.78 is 5.33. The molecule has 0 aliphatic rings. The molecule has 29 heavy (non-hydrogen) atoms. The Bertz CT molecular complexity index is 1090. The quantitative estimate of drug-likeness (QED) is 0.674. The SMILES string of the molecule is Cc1c(N(C(=O)O)C(C)(C)C)ccc2nc(NCCc3cccnc3)oc(=O)c12. The van der Waals surface area contributed by atoms with Crippen LogP contribution in [-0.4, -0.2) is 33.3 Å². The van der Waals surface area contributed by atoms with E-state index >= 15 is 0 Å². The molecule has 0 unspecified atom stereocenters. The molecule has 3 aromatic rings. The minimum absolute atomic E-state index is 0.129. The maximum absolute atomic E-state index is 12.6. The lowest BCUT2D eigenvalue weighted by atomic mass is 10.0. The average Bonchev–Trinajstić information content (AvgIpc) is 2.63. The molecule has 8 heteroatoms. The second-order valence-corrected chi connectivity index (χ2v) is 7.74. The van der Waals surface area contributed by atoms with Crippen LogP contribution in [0.25, 0.3) is 10.9 Å². The highest BCUT2D eigenvalue weighted by Gasteiger charge is 2.30. The molecule has 0 atom stereocenters. The van der Waals surface area contributed by atoms with Crippen molar-refractivity contribution in [3.63, 3.8) is 0 Å². The Hall–Kier alpha value is -3.42. The number of pyridine rings is 1. The second-order valence-electron chi connectivity index (χ2n) is 7.74. The van der Waals surface area contributed by atoms with Gasteiger partial charge in [0.15, 0.2) is 0 Å². The van der Waals surface area contributed by atoms with Gasteiger partial charge in [-0.2, -0.15) is 4.98 Å². The number of anilines is 2. The molecule has 2 aromatic heterocycles. The van der Waals surface area contributed by atoms with Gasteiger partial charge < -0.3 is 14.8 Å². The zero-order valence-corrected chi connectivity index (χ0v) is 16.9. The number of fused-ring (bicyclic) bond motifs is 1. The summed E-state index contributed by atoms with van der Waals surface area (Å²) >= 11 is 0. The van der Waals surface area contributed by atoms with E-state index in [2.05, 4.69) is 15.3 Å². The summed E-state index contributed by atoms with van der Waals surface area (Å²) in [4.78, 5) is 34.1. The van der Waals surface area contributed by atoms with E-state index in [1.54, 1.807) is 52.2 Å². The molecule has 1 aromatic carbocycles. The van der Waals surface area contributed by atoms with Crippen molar-refractivity contribution in [2.45, 2.75) is 39.7 Å². The van der Waals surface area contributed by atoms with E-state index in [1.165, 1.54) is 4.90 Å². The molecule has 0 bridgehead atoms. The highest BCUT2D eigenvalue weighted by Crippen LogP contribution is 2.31. The zero-order chi connectivity index (χ0) is 21.2. The number of nitrogens with zero attached hydrogens (tertiary/aromatic N) is 3. The Labute approximate surface area is 168 Å². The number of rotatable bonds is 5. The molecule has 1 amide bonds. The van der Waals surface area contributed by atoms with E-state index in [-0.39, 0.29) is 11.4 Å². The van der Waals surface area contributed by atoms with Gasteiger partial charge in [-0.15, -0.1) is 0 Å². The predicted molar refractivity (Wildman–Crippen MR) is 112 cm³/mol. The van der Waals surface area contributed by atoms with E-state index in [0.29, 0.717) is 29.7 Å². The van der Waals surface area contributed by atoms with Gasteiger partial charge in [-0.3, -0.25) is 9.88 Å². The number of carboxylic acid groups (broad SMARTS) is 1. The second kappa shape index (κ2) is 7.90. The van der Waals surface area contributed by atoms with Crippen molar-refractivity contribution in [2.24, 2.45) is 0 Å². The molecule has 8 nitrogen and oxygen atoms in total. The monoisotopic (exact) mass is 396 g/mol. The lowest BCUT2D eigenvalue weighted by molar-refractivity contribution is 0.195. The molecule has 0 aliphatic carbocycles. The summed E-state index contributed by atoms with van der Waals surface area (Å²) in [5.41, 5.74) is 1.22. The molecule has 0 spiro atoms. The topological polar surface area (TPSA) is 109 Å². The van der Waals surface area contributed by atoms with Crippen LogP contribution in [-0.2, 0) is 6.42 Å². The number of aryl methyl sites for hydroxylation is 1. The third-order valence-electron chi connectivity index (χ3n) is 4.55. The van der Waals surface area contributed by atoms with Crippen molar-refractivity contribution in [3.05, 3.63) is 58.2 Å². The van der Waals surface area contributed by atoms with Gasteiger partial charge in [0.05, 0.1) is 16.6 Å². The zero-order valence-electron chi connectivity index (χ0n) is 16.9. The molecule has 0 saturated heterocycles. The van der Waals surface area contributed by atoms with Crippen molar-refractivity contribution in [1.29, 1.82) is 0 Å². The Morgan fingerprint density at radius 3 is 2.66 bits per heavy atom. The first-order valence-corrected chi connectivity index (χ1v) is 9.29. The van der Waals surface area contributed by atoms with E-state index in [9.17, 15) is 14.7 Å². The van der Waals surface area contributed by atoms with Gasteiger partial charge in [0.1, 0.15) is 0 Å². The fraction of sp³-hybridized carbons (Fsp3) is 0.333. The van der Waals surface area contributed by atoms with E-state index in [4.69, 9.17) is 4.42 Å². The molecule has 3 rings (SSSR count). The van der Waals surface area contributed by atoms with E-state index in [0.717, 1.165) is 5.56 Å². The summed E-state index contributed by atoms with van der Waals surface area (Å²) in [5.74, 6) is 0. The van der Waals surface area contributed by atoms with Crippen molar-refractivity contribution in [1.82, 2.24) is 9.97 Å². The van der Waals surface area contributed by atoms with Crippen LogP contribution in [0.2, 0.25) is 0 Å². The van der Waals surface area contributed by atoms with Gasteiger partial charge >= 0.3 is 11.7 Å². The largest absolute Gasteiger partial charge is 0.465 e. The number of benzene rings is 1. The first-order valence-electron chi connectivity index (χ1n) is 9.29.